The molecule has 1 saturated heterocycles. The summed E-state index contributed by atoms with van der Waals surface area (Å²) in [5, 5.41) is 10.9. The summed E-state index contributed by atoms with van der Waals surface area (Å²) < 4.78 is 0. The van der Waals surface area contributed by atoms with Gasteiger partial charge in [-0.2, -0.15) is 0 Å². The SMILES string of the molecule is CC1(O)CCN(C(=O)/C=C/c2cc(Cl)cc(Cl)c2)CC1. The minimum absolute atomic E-state index is 0.0587. The molecule has 5 heteroatoms. The molecule has 1 heterocycles. The first-order chi connectivity index (χ1) is 9.35. The van der Waals surface area contributed by atoms with Gasteiger partial charge in [-0.1, -0.05) is 23.2 Å². The highest BCUT2D eigenvalue weighted by molar-refractivity contribution is 6.34. The molecule has 20 heavy (non-hydrogen) atoms. The van der Waals surface area contributed by atoms with Gasteiger partial charge in [-0.25, -0.2) is 0 Å². The number of carbonyl (C=O) groups is 1. The fourth-order valence-electron chi connectivity index (χ4n) is 2.15. The van der Waals surface area contributed by atoms with E-state index in [-0.39, 0.29) is 5.91 Å². The van der Waals surface area contributed by atoms with E-state index in [2.05, 4.69) is 0 Å². The largest absolute Gasteiger partial charge is 0.390 e. The summed E-state index contributed by atoms with van der Waals surface area (Å²) >= 11 is 11.8. The Hall–Kier alpha value is -1.03. The summed E-state index contributed by atoms with van der Waals surface area (Å²) in [6.07, 6.45) is 4.43. The lowest BCUT2D eigenvalue weighted by molar-refractivity contribution is -0.129. The molecule has 0 atom stereocenters. The predicted molar refractivity (Wildman–Crippen MR) is 81.9 cm³/mol. The number of benzene rings is 1. The van der Waals surface area contributed by atoms with Crippen molar-refractivity contribution in [3.8, 4) is 0 Å². The van der Waals surface area contributed by atoms with Crippen LogP contribution in [0.2, 0.25) is 10.0 Å². The molecule has 0 aromatic heterocycles. The summed E-state index contributed by atoms with van der Waals surface area (Å²) in [7, 11) is 0. The molecule has 1 aliphatic rings. The van der Waals surface area contributed by atoms with Gasteiger partial charge < -0.3 is 10.0 Å². The summed E-state index contributed by atoms with van der Waals surface area (Å²) in [5.41, 5.74) is 0.140. The minimum atomic E-state index is -0.652. The van der Waals surface area contributed by atoms with Gasteiger partial charge in [0.05, 0.1) is 5.60 Å². The van der Waals surface area contributed by atoms with E-state index >= 15 is 0 Å². The Morgan fingerprint density at radius 2 is 1.80 bits per heavy atom. The van der Waals surface area contributed by atoms with Crippen molar-refractivity contribution in [2.45, 2.75) is 25.4 Å². The second-order valence-electron chi connectivity index (χ2n) is 5.36. The second-order valence-corrected chi connectivity index (χ2v) is 6.23. The molecule has 1 aliphatic heterocycles. The maximum Gasteiger partial charge on any atom is 0.246 e. The minimum Gasteiger partial charge on any atom is -0.390 e. The molecule has 108 valence electrons. The number of amides is 1. The zero-order valence-corrected chi connectivity index (χ0v) is 12.8. The highest BCUT2D eigenvalue weighted by Gasteiger charge is 2.28. The lowest BCUT2D eigenvalue weighted by Gasteiger charge is -2.35. The van der Waals surface area contributed by atoms with Gasteiger partial charge in [-0.15, -0.1) is 0 Å². The van der Waals surface area contributed by atoms with Gasteiger partial charge in [0.15, 0.2) is 0 Å². The maximum atomic E-state index is 12.0. The van der Waals surface area contributed by atoms with Crippen LogP contribution in [0.3, 0.4) is 0 Å². The molecule has 0 aliphatic carbocycles. The topological polar surface area (TPSA) is 40.5 Å². The van der Waals surface area contributed by atoms with Crippen LogP contribution >= 0.6 is 23.2 Å². The average Bonchev–Trinajstić information content (AvgIpc) is 2.35. The first-order valence-corrected chi connectivity index (χ1v) is 7.27. The van der Waals surface area contributed by atoms with E-state index < -0.39 is 5.60 Å². The molecule has 0 bridgehead atoms. The zero-order valence-electron chi connectivity index (χ0n) is 11.3. The fourth-order valence-corrected chi connectivity index (χ4v) is 2.70. The van der Waals surface area contributed by atoms with E-state index in [1.54, 1.807) is 36.1 Å². The number of nitrogens with zero attached hydrogens (tertiary/aromatic N) is 1. The molecule has 0 saturated carbocycles. The number of hydrogen-bond donors (Lipinski definition) is 1. The predicted octanol–water partition coefficient (Wildman–Crippen LogP) is 3.38. The molecule has 1 aromatic rings. The maximum absolute atomic E-state index is 12.0. The first-order valence-electron chi connectivity index (χ1n) is 6.51. The van der Waals surface area contributed by atoms with E-state index in [1.807, 2.05) is 0 Å². The van der Waals surface area contributed by atoms with Crippen molar-refractivity contribution < 1.29 is 9.90 Å². The number of piperidine rings is 1. The van der Waals surface area contributed by atoms with E-state index in [1.165, 1.54) is 6.08 Å². The zero-order chi connectivity index (χ0) is 14.8. The molecule has 2 rings (SSSR count). The molecular formula is C15H17Cl2NO2. The van der Waals surface area contributed by atoms with E-state index in [0.29, 0.717) is 36.0 Å². The van der Waals surface area contributed by atoms with Gasteiger partial charge in [0.1, 0.15) is 0 Å². The lowest BCUT2D eigenvalue weighted by Crippen LogP contribution is -2.44. The number of carbonyl (C=O) groups excluding carboxylic acids is 1. The van der Waals surface area contributed by atoms with E-state index in [0.717, 1.165) is 5.56 Å². The number of halogens is 2. The third-order valence-electron chi connectivity index (χ3n) is 3.46. The van der Waals surface area contributed by atoms with Crippen molar-refractivity contribution in [1.82, 2.24) is 4.90 Å². The molecule has 3 nitrogen and oxygen atoms in total. The molecule has 1 aromatic carbocycles. The van der Waals surface area contributed by atoms with Gasteiger partial charge in [0, 0.05) is 29.2 Å². The smallest absolute Gasteiger partial charge is 0.246 e. The fraction of sp³-hybridized carbons (Fsp3) is 0.400. The highest BCUT2D eigenvalue weighted by atomic mass is 35.5. The Morgan fingerprint density at radius 1 is 1.25 bits per heavy atom. The summed E-state index contributed by atoms with van der Waals surface area (Å²) in [4.78, 5) is 13.8. The number of hydrogen-bond acceptors (Lipinski definition) is 2. The third-order valence-corrected chi connectivity index (χ3v) is 3.89. The number of rotatable bonds is 2. The molecule has 1 N–H and O–H groups in total. The molecule has 1 fully saturated rings. The van der Waals surface area contributed by atoms with Gasteiger partial charge in [-0.3, -0.25) is 4.79 Å². The highest BCUT2D eigenvalue weighted by Crippen LogP contribution is 2.22. The number of likely N-dealkylation sites (tertiary alicyclic amines) is 1. The normalized spacial score (nSPS) is 18.5. The average molecular weight is 314 g/mol. The van der Waals surface area contributed by atoms with Gasteiger partial charge in [0.25, 0.3) is 0 Å². The summed E-state index contributed by atoms with van der Waals surface area (Å²) in [6, 6.07) is 5.14. The Labute approximate surface area is 128 Å². The standard InChI is InChI=1S/C15H17Cl2NO2/c1-15(20)4-6-18(7-5-15)14(19)3-2-11-8-12(16)10-13(17)9-11/h2-3,8-10,20H,4-7H2,1H3/b3-2+. The lowest BCUT2D eigenvalue weighted by atomic mass is 9.94. The van der Waals surface area contributed by atoms with Gasteiger partial charge in [-0.05, 0) is 49.6 Å². The Balaban J connectivity index is 1.99. The molecule has 0 unspecified atom stereocenters. The van der Waals surface area contributed by atoms with Gasteiger partial charge >= 0.3 is 0 Å². The van der Waals surface area contributed by atoms with E-state index in [9.17, 15) is 9.90 Å². The van der Waals surface area contributed by atoms with Crippen LogP contribution in [0, 0.1) is 0 Å². The van der Waals surface area contributed by atoms with Crippen molar-refractivity contribution in [1.29, 1.82) is 0 Å². The third kappa shape index (κ3) is 4.23. The Morgan fingerprint density at radius 3 is 2.35 bits per heavy atom. The summed E-state index contributed by atoms with van der Waals surface area (Å²) in [5.74, 6) is -0.0587. The van der Waals surface area contributed by atoms with Crippen molar-refractivity contribution in [2.75, 3.05) is 13.1 Å². The van der Waals surface area contributed by atoms with Crippen LogP contribution in [0.25, 0.3) is 6.08 Å². The van der Waals surface area contributed by atoms with Crippen molar-refractivity contribution in [3.05, 3.63) is 39.9 Å². The van der Waals surface area contributed by atoms with Crippen LogP contribution in [0.4, 0.5) is 0 Å². The van der Waals surface area contributed by atoms with Crippen LogP contribution in [0.15, 0.2) is 24.3 Å². The monoisotopic (exact) mass is 313 g/mol. The van der Waals surface area contributed by atoms with Crippen LogP contribution in [0.1, 0.15) is 25.3 Å². The van der Waals surface area contributed by atoms with Crippen molar-refractivity contribution in [3.63, 3.8) is 0 Å². The Kier molecular flexibility index (Phi) is 4.74. The van der Waals surface area contributed by atoms with E-state index in [4.69, 9.17) is 23.2 Å². The van der Waals surface area contributed by atoms with Crippen molar-refractivity contribution in [2.24, 2.45) is 0 Å². The van der Waals surface area contributed by atoms with Crippen LogP contribution in [0.5, 0.6) is 0 Å². The molecule has 1 amide bonds. The second kappa shape index (κ2) is 6.17. The number of aliphatic hydroxyl groups is 1. The van der Waals surface area contributed by atoms with Crippen molar-refractivity contribution >= 4 is 35.2 Å². The molecule has 0 radical (unpaired) electrons. The first kappa shape index (κ1) is 15.4. The molecular weight excluding hydrogens is 297 g/mol. The van der Waals surface area contributed by atoms with Crippen LogP contribution in [-0.2, 0) is 4.79 Å². The van der Waals surface area contributed by atoms with Gasteiger partial charge in [0.2, 0.25) is 5.91 Å². The quantitative estimate of drug-likeness (QED) is 0.850. The van der Waals surface area contributed by atoms with Crippen LogP contribution in [-0.4, -0.2) is 34.6 Å². The summed E-state index contributed by atoms with van der Waals surface area (Å²) in [6.45, 7) is 2.96. The Bertz CT molecular complexity index is 510. The van der Waals surface area contributed by atoms with Crippen LogP contribution < -0.4 is 0 Å². The molecule has 0 spiro atoms.